The Morgan fingerprint density at radius 2 is 1.76 bits per heavy atom. The van der Waals surface area contributed by atoms with Crippen molar-refractivity contribution < 1.29 is 14.2 Å². The van der Waals surface area contributed by atoms with Crippen LogP contribution in [0.15, 0.2) is 12.1 Å². The van der Waals surface area contributed by atoms with Crippen molar-refractivity contribution in [1.29, 1.82) is 0 Å². The third-order valence-electron chi connectivity index (χ3n) is 3.01. The molecule has 0 bridgehead atoms. The molecule has 2 rings (SSSR count). The van der Waals surface area contributed by atoms with Crippen molar-refractivity contribution in [3.63, 3.8) is 0 Å². The third kappa shape index (κ3) is 3.15. The van der Waals surface area contributed by atoms with Gasteiger partial charge in [0.05, 0.1) is 21.3 Å². The number of ether oxygens (including phenoxy) is 3. The van der Waals surface area contributed by atoms with Gasteiger partial charge >= 0.3 is 0 Å². The van der Waals surface area contributed by atoms with E-state index in [1.54, 1.807) is 26.0 Å². The lowest BCUT2D eigenvalue weighted by molar-refractivity contribution is 0.324. The first kappa shape index (κ1) is 14.9. The Bertz CT molecular complexity index is 574. The highest BCUT2D eigenvalue weighted by molar-refractivity contribution is 5.54. The number of methoxy groups -OCH3 is 3. The molecule has 0 saturated heterocycles. The number of benzene rings is 1. The zero-order valence-electron chi connectivity index (χ0n) is 12.6. The second-order valence-electron chi connectivity index (χ2n) is 4.21. The number of aromatic nitrogens is 4. The zero-order chi connectivity index (χ0) is 15.2. The highest BCUT2D eigenvalue weighted by Crippen LogP contribution is 2.38. The van der Waals surface area contributed by atoms with Crippen LogP contribution in [0.4, 0.5) is 5.95 Å². The second kappa shape index (κ2) is 6.78. The summed E-state index contributed by atoms with van der Waals surface area (Å²) < 4.78 is 17.6. The van der Waals surface area contributed by atoms with Gasteiger partial charge in [-0.25, -0.2) is 4.68 Å². The zero-order valence-corrected chi connectivity index (χ0v) is 12.6. The Morgan fingerprint density at radius 3 is 2.29 bits per heavy atom. The summed E-state index contributed by atoms with van der Waals surface area (Å²) in [4.78, 5) is 0. The van der Waals surface area contributed by atoms with E-state index in [2.05, 4.69) is 20.8 Å². The van der Waals surface area contributed by atoms with Gasteiger partial charge in [0.15, 0.2) is 11.5 Å². The Kier molecular flexibility index (Phi) is 4.81. The number of rotatable bonds is 7. The molecule has 1 heterocycles. The van der Waals surface area contributed by atoms with Crippen molar-refractivity contribution in [2.75, 3.05) is 26.6 Å². The highest BCUT2D eigenvalue weighted by atomic mass is 16.5. The SMILES string of the molecule is CCn1nnnc1NCc1cc(OC)c(OC)c(OC)c1. The summed E-state index contributed by atoms with van der Waals surface area (Å²) in [7, 11) is 4.76. The minimum atomic E-state index is 0.539. The van der Waals surface area contributed by atoms with E-state index in [1.165, 1.54) is 0 Å². The smallest absolute Gasteiger partial charge is 0.243 e. The maximum absolute atomic E-state index is 5.32. The molecule has 0 atom stereocenters. The molecule has 0 aliphatic heterocycles. The van der Waals surface area contributed by atoms with Crippen LogP contribution < -0.4 is 19.5 Å². The van der Waals surface area contributed by atoms with Crippen molar-refractivity contribution in [2.45, 2.75) is 20.0 Å². The minimum absolute atomic E-state index is 0.539. The molecule has 1 aromatic heterocycles. The molecule has 1 N–H and O–H groups in total. The molecule has 0 aliphatic rings. The molecule has 0 saturated carbocycles. The van der Waals surface area contributed by atoms with E-state index in [4.69, 9.17) is 14.2 Å². The lowest BCUT2D eigenvalue weighted by Crippen LogP contribution is -2.08. The monoisotopic (exact) mass is 293 g/mol. The number of anilines is 1. The van der Waals surface area contributed by atoms with E-state index in [0.29, 0.717) is 36.3 Å². The molecular formula is C13H19N5O3. The molecule has 2 aromatic rings. The lowest BCUT2D eigenvalue weighted by atomic mass is 10.2. The van der Waals surface area contributed by atoms with E-state index >= 15 is 0 Å². The number of hydrogen-bond acceptors (Lipinski definition) is 7. The van der Waals surface area contributed by atoms with Crippen molar-refractivity contribution >= 4 is 5.95 Å². The fourth-order valence-corrected chi connectivity index (χ4v) is 1.96. The number of nitrogens with one attached hydrogen (secondary N) is 1. The molecule has 0 spiro atoms. The Labute approximate surface area is 123 Å². The third-order valence-corrected chi connectivity index (χ3v) is 3.01. The van der Waals surface area contributed by atoms with Crippen molar-refractivity contribution in [1.82, 2.24) is 20.2 Å². The fourth-order valence-electron chi connectivity index (χ4n) is 1.96. The van der Waals surface area contributed by atoms with E-state index < -0.39 is 0 Å². The quantitative estimate of drug-likeness (QED) is 0.824. The van der Waals surface area contributed by atoms with Gasteiger partial charge in [0.2, 0.25) is 11.7 Å². The van der Waals surface area contributed by atoms with Gasteiger partial charge in [-0.3, -0.25) is 0 Å². The molecule has 8 heteroatoms. The Morgan fingerprint density at radius 1 is 1.10 bits per heavy atom. The van der Waals surface area contributed by atoms with E-state index in [9.17, 15) is 0 Å². The average Bonchev–Trinajstić information content (AvgIpc) is 2.99. The van der Waals surface area contributed by atoms with Crippen molar-refractivity contribution in [3.8, 4) is 17.2 Å². The molecule has 21 heavy (non-hydrogen) atoms. The molecule has 1 aromatic carbocycles. The standard InChI is InChI=1S/C13H19N5O3/c1-5-18-13(15-16-17-18)14-8-9-6-10(19-2)12(21-4)11(7-9)20-3/h6-7H,5,8H2,1-4H3,(H,14,15,17). The van der Waals surface area contributed by atoms with Gasteiger partial charge in [0.25, 0.3) is 0 Å². The van der Waals surface area contributed by atoms with Crippen LogP contribution in [-0.2, 0) is 13.1 Å². The van der Waals surface area contributed by atoms with Gasteiger partial charge in [-0.05, 0) is 35.0 Å². The number of tetrazole rings is 1. The lowest BCUT2D eigenvalue weighted by Gasteiger charge is -2.14. The van der Waals surface area contributed by atoms with Gasteiger partial charge in [-0.2, -0.15) is 0 Å². The number of hydrogen-bond donors (Lipinski definition) is 1. The van der Waals surface area contributed by atoms with Crippen LogP contribution in [0.25, 0.3) is 0 Å². The van der Waals surface area contributed by atoms with Crippen LogP contribution in [0, 0.1) is 0 Å². The average molecular weight is 293 g/mol. The Hall–Kier alpha value is -2.51. The van der Waals surface area contributed by atoms with E-state index in [1.807, 2.05) is 19.1 Å². The first-order valence-corrected chi connectivity index (χ1v) is 6.52. The molecule has 0 amide bonds. The van der Waals surface area contributed by atoms with E-state index in [0.717, 1.165) is 5.56 Å². The summed E-state index contributed by atoms with van der Waals surface area (Å²) in [5.41, 5.74) is 0.968. The number of nitrogens with zero attached hydrogens (tertiary/aromatic N) is 4. The summed E-state index contributed by atoms with van der Waals surface area (Å²) >= 11 is 0. The van der Waals surface area contributed by atoms with E-state index in [-0.39, 0.29) is 0 Å². The van der Waals surface area contributed by atoms with Crippen LogP contribution in [0.5, 0.6) is 17.2 Å². The molecule has 0 aliphatic carbocycles. The maximum Gasteiger partial charge on any atom is 0.243 e. The van der Waals surface area contributed by atoms with Crippen LogP contribution in [0.1, 0.15) is 12.5 Å². The van der Waals surface area contributed by atoms with Gasteiger partial charge < -0.3 is 19.5 Å². The summed E-state index contributed by atoms with van der Waals surface area (Å²) in [5, 5.41) is 14.6. The van der Waals surface area contributed by atoms with Crippen LogP contribution >= 0.6 is 0 Å². The fraction of sp³-hybridized carbons (Fsp3) is 0.462. The second-order valence-corrected chi connectivity index (χ2v) is 4.21. The predicted molar refractivity (Wildman–Crippen MR) is 76.9 cm³/mol. The summed E-state index contributed by atoms with van der Waals surface area (Å²) in [6, 6.07) is 3.77. The normalized spacial score (nSPS) is 10.3. The molecular weight excluding hydrogens is 274 g/mol. The summed E-state index contributed by atoms with van der Waals surface area (Å²) in [6.45, 7) is 3.21. The maximum atomic E-state index is 5.32. The molecule has 114 valence electrons. The van der Waals surface area contributed by atoms with Gasteiger partial charge in [0.1, 0.15) is 0 Å². The van der Waals surface area contributed by atoms with Gasteiger partial charge in [0, 0.05) is 13.1 Å². The van der Waals surface area contributed by atoms with Crippen LogP contribution in [0.3, 0.4) is 0 Å². The summed E-state index contributed by atoms with van der Waals surface area (Å²) in [6.07, 6.45) is 0. The largest absolute Gasteiger partial charge is 0.493 e. The predicted octanol–water partition coefficient (Wildman–Crippen LogP) is 1.33. The van der Waals surface area contributed by atoms with Crippen molar-refractivity contribution in [3.05, 3.63) is 17.7 Å². The first-order valence-electron chi connectivity index (χ1n) is 6.52. The number of aryl methyl sites for hydroxylation is 1. The minimum Gasteiger partial charge on any atom is -0.493 e. The van der Waals surface area contributed by atoms with Crippen LogP contribution in [0.2, 0.25) is 0 Å². The summed E-state index contributed by atoms with van der Waals surface area (Å²) in [5.74, 6) is 2.42. The first-order chi connectivity index (χ1) is 10.2. The molecule has 0 radical (unpaired) electrons. The Balaban J connectivity index is 2.20. The van der Waals surface area contributed by atoms with Gasteiger partial charge in [-0.1, -0.05) is 5.10 Å². The molecule has 0 unspecified atom stereocenters. The van der Waals surface area contributed by atoms with Crippen LogP contribution in [-0.4, -0.2) is 41.5 Å². The topological polar surface area (TPSA) is 83.3 Å². The highest BCUT2D eigenvalue weighted by Gasteiger charge is 2.13. The van der Waals surface area contributed by atoms with Gasteiger partial charge in [-0.15, -0.1) is 0 Å². The molecule has 8 nitrogen and oxygen atoms in total. The van der Waals surface area contributed by atoms with Crippen molar-refractivity contribution in [2.24, 2.45) is 0 Å². The molecule has 0 fully saturated rings.